The molecule has 1 aliphatic rings. The molecule has 7 atom stereocenters. The van der Waals surface area contributed by atoms with Crippen LogP contribution >= 0.6 is 0 Å². The van der Waals surface area contributed by atoms with Gasteiger partial charge in [0.25, 0.3) is 0 Å². The topological polar surface area (TPSA) is 149 Å². The summed E-state index contributed by atoms with van der Waals surface area (Å²) in [5.41, 5.74) is 0. The van der Waals surface area contributed by atoms with Gasteiger partial charge in [-0.15, -0.1) is 0 Å². The molecule has 6 N–H and O–H groups in total. The van der Waals surface area contributed by atoms with Crippen LogP contribution in [0.3, 0.4) is 0 Å². The van der Waals surface area contributed by atoms with Crippen LogP contribution in [0, 0.1) is 0 Å². The van der Waals surface area contributed by atoms with E-state index in [1.807, 2.05) is 0 Å². The number of hydrogen-bond acceptors (Lipinski definition) is 8. The molecule has 0 aromatic heterocycles. The van der Waals surface area contributed by atoms with Crippen molar-refractivity contribution in [1.29, 1.82) is 0 Å². The molecule has 9 heteroatoms. The molecule has 2 unspecified atom stereocenters. The normalized spacial score (nSPS) is 21.0. The highest BCUT2D eigenvalue weighted by Gasteiger charge is 2.44. The van der Waals surface area contributed by atoms with Crippen molar-refractivity contribution in [3.63, 3.8) is 0 Å². The second-order valence-electron chi connectivity index (χ2n) is 17.3. The molecule has 57 heavy (non-hydrogen) atoms. The van der Waals surface area contributed by atoms with Crippen LogP contribution in [0.2, 0.25) is 0 Å². The van der Waals surface area contributed by atoms with E-state index in [0.717, 1.165) is 38.5 Å². The summed E-state index contributed by atoms with van der Waals surface area (Å²) in [5.74, 6) is -0.143. The Hall–Kier alpha value is -1.07. The maximum Gasteiger partial charge on any atom is 0.220 e. The zero-order valence-electron chi connectivity index (χ0n) is 37.1. The van der Waals surface area contributed by atoms with Gasteiger partial charge in [0.15, 0.2) is 6.29 Å². The second-order valence-corrected chi connectivity index (χ2v) is 17.3. The molecule has 0 radical (unpaired) electrons. The van der Waals surface area contributed by atoms with E-state index >= 15 is 0 Å². The van der Waals surface area contributed by atoms with Crippen molar-refractivity contribution in [2.24, 2.45) is 0 Å². The summed E-state index contributed by atoms with van der Waals surface area (Å²) in [5, 5.41) is 54.3. The van der Waals surface area contributed by atoms with Crippen molar-refractivity contribution in [3.8, 4) is 0 Å². The summed E-state index contributed by atoms with van der Waals surface area (Å²) in [6.07, 6.45) is 38.0. The minimum Gasteiger partial charge on any atom is -0.394 e. The van der Waals surface area contributed by atoms with Gasteiger partial charge in [-0.3, -0.25) is 4.79 Å². The highest BCUT2D eigenvalue weighted by Crippen LogP contribution is 2.23. The zero-order valence-corrected chi connectivity index (χ0v) is 37.1. The predicted octanol–water partition coefficient (Wildman–Crippen LogP) is 10.5. The highest BCUT2D eigenvalue weighted by molar-refractivity contribution is 5.76. The Bertz CT molecular complexity index is 904. The van der Waals surface area contributed by atoms with E-state index in [2.05, 4.69) is 31.3 Å². The minimum absolute atomic E-state index is 0.134. The molecule has 1 fully saturated rings. The Morgan fingerprint density at radius 1 is 0.579 bits per heavy atom. The van der Waals surface area contributed by atoms with Gasteiger partial charge in [-0.05, 0) is 38.5 Å². The van der Waals surface area contributed by atoms with Gasteiger partial charge in [-0.2, -0.15) is 0 Å². The largest absolute Gasteiger partial charge is 0.394 e. The lowest BCUT2D eigenvalue weighted by molar-refractivity contribution is -0.302. The number of amides is 1. The number of ether oxygens (including phenoxy) is 2. The van der Waals surface area contributed by atoms with Crippen LogP contribution in [0.1, 0.15) is 232 Å². The average Bonchev–Trinajstić information content (AvgIpc) is 3.21. The van der Waals surface area contributed by atoms with Crippen molar-refractivity contribution in [3.05, 3.63) is 12.2 Å². The number of allylic oxidation sites excluding steroid dienone is 2. The number of carbonyl (C=O) groups excluding carboxylic acids is 1. The predicted molar refractivity (Wildman–Crippen MR) is 235 cm³/mol. The van der Waals surface area contributed by atoms with Crippen molar-refractivity contribution in [2.75, 3.05) is 13.2 Å². The lowest BCUT2D eigenvalue weighted by Crippen LogP contribution is -2.60. The fourth-order valence-corrected chi connectivity index (χ4v) is 7.92. The zero-order chi connectivity index (χ0) is 41.6. The van der Waals surface area contributed by atoms with Gasteiger partial charge in [0, 0.05) is 6.42 Å². The molecule has 9 nitrogen and oxygen atoms in total. The maximum atomic E-state index is 13.0. The summed E-state index contributed by atoms with van der Waals surface area (Å²) in [6, 6.07) is -0.713. The van der Waals surface area contributed by atoms with Crippen molar-refractivity contribution >= 4 is 5.91 Å². The molecule has 0 aliphatic carbocycles. The number of rotatable bonds is 41. The van der Waals surface area contributed by atoms with Crippen LogP contribution in [0.15, 0.2) is 12.2 Å². The van der Waals surface area contributed by atoms with Crippen LogP contribution in [-0.4, -0.2) is 87.5 Å². The van der Waals surface area contributed by atoms with Gasteiger partial charge in [0.05, 0.1) is 25.4 Å². The van der Waals surface area contributed by atoms with E-state index < -0.39 is 49.5 Å². The van der Waals surface area contributed by atoms with Crippen LogP contribution in [-0.2, 0) is 14.3 Å². The molecular weight excluding hydrogens is 719 g/mol. The van der Waals surface area contributed by atoms with Crippen LogP contribution in [0.4, 0.5) is 0 Å². The summed E-state index contributed by atoms with van der Waals surface area (Å²) < 4.78 is 11.3. The molecular formula is C48H93NO8. The number of aliphatic hydroxyl groups is 5. The Balaban J connectivity index is 2.22. The van der Waals surface area contributed by atoms with Gasteiger partial charge < -0.3 is 40.3 Å². The Morgan fingerprint density at radius 2 is 0.982 bits per heavy atom. The third kappa shape index (κ3) is 29.7. The standard InChI is InChI=1S/C48H93NO8/c1-3-5-7-9-11-13-15-16-17-18-19-20-21-22-23-24-25-26-28-30-32-34-36-38-44(52)49-41(40-56-48-47(55)46(54)45(53)43(39-50)57-48)42(51)37-35-33-31-29-27-14-12-10-8-6-4-2/h16-17,41-43,45-48,50-51,53-55H,3-15,18-40H2,1-2H3,(H,49,52)/b17-16+/t41-,42+,43-,45-,46?,47?,48-/m0/s1. The first-order valence-corrected chi connectivity index (χ1v) is 24.4. The van der Waals surface area contributed by atoms with Gasteiger partial charge in [-0.1, -0.05) is 199 Å². The molecule has 1 aliphatic heterocycles. The number of hydrogen-bond donors (Lipinski definition) is 6. The molecule has 0 saturated carbocycles. The maximum absolute atomic E-state index is 13.0. The van der Waals surface area contributed by atoms with E-state index in [1.165, 1.54) is 167 Å². The van der Waals surface area contributed by atoms with Gasteiger partial charge in [0.1, 0.15) is 24.4 Å². The van der Waals surface area contributed by atoms with Gasteiger partial charge in [0.2, 0.25) is 5.91 Å². The summed E-state index contributed by atoms with van der Waals surface area (Å²) in [7, 11) is 0. The first-order chi connectivity index (χ1) is 27.8. The Kier molecular flexibility index (Phi) is 37.0. The molecule has 1 heterocycles. The molecule has 338 valence electrons. The summed E-state index contributed by atoms with van der Waals surface area (Å²) >= 11 is 0. The van der Waals surface area contributed by atoms with E-state index in [0.29, 0.717) is 12.8 Å². The third-order valence-electron chi connectivity index (χ3n) is 11.9. The van der Waals surface area contributed by atoms with Crippen molar-refractivity contribution in [1.82, 2.24) is 5.32 Å². The SMILES string of the molecule is CCCCCCCC/C=C/CCCCCCCCCCCCCCCC(=O)N[C@@H](CO[C@H]1O[C@@H](CO)[C@H](O)C(O)C1O)[C@H](O)CCCCCCCCCCCCC. The van der Waals surface area contributed by atoms with E-state index in [1.54, 1.807) is 0 Å². The average molecular weight is 812 g/mol. The van der Waals surface area contributed by atoms with E-state index in [4.69, 9.17) is 9.47 Å². The highest BCUT2D eigenvalue weighted by atomic mass is 16.7. The lowest BCUT2D eigenvalue weighted by atomic mass is 9.99. The number of aliphatic hydroxyl groups excluding tert-OH is 5. The number of unbranched alkanes of at least 4 members (excludes halogenated alkanes) is 29. The molecule has 1 amide bonds. The molecule has 1 rings (SSSR count). The molecule has 1 saturated heterocycles. The van der Waals surface area contributed by atoms with E-state index in [9.17, 15) is 30.3 Å². The number of nitrogens with one attached hydrogen (secondary N) is 1. The van der Waals surface area contributed by atoms with Gasteiger partial charge >= 0.3 is 0 Å². The van der Waals surface area contributed by atoms with E-state index in [-0.39, 0.29) is 12.5 Å². The lowest BCUT2D eigenvalue weighted by Gasteiger charge is -2.40. The smallest absolute Gasteiger partial charge is 0.220 e. The van der Waals surface area contributed by atoms with Crippen molar-refractivity contribution in [2.45, 2.75) is 275 Å². The second kappa shape index (κ2) is 39.1. The molecule has 0 spiro atoms. The molecule has 0 aromatic rings. The Morgan fingerprint density at radius 3 is 1.42 bits per heavy atom. The molecule has 0 aromatic carbocycles. The van der Waals surface area contributed by atoms with Crippen LogP contribution in [0.5, 0.6) is 0 Å². The van der Waals surface area contributed by atoms with Crippen molar-refractivity contribution < 1.29 is 39.8 Å². The monoisotopic (exact) mass is 812 g/mol. The third-order valence-corrected chi connectivity index (χ3v) is 11.9. The fraction of sp³-hybridized carbons (Fsp3) is 0.938. The fourth-order valence-electron chi connectivity index (χ4n) is 7.92. The van der Waals surface area contributed by atoms with Gasteiger partial charge in [-0.25, -0.2) is 0 Å². The minimum atomic E-state index is -1.55. The first-order valence-electron chi connectivity index (χ1n) is 24.4. The van der Waals surface area contributed by atoms with Crippen LogP contribution < -0.4 is 5.32 Å². The number of carbonyl (C=O) groups is 1. The van der Waals surface area contributed by atoms with Crippen LogP contribution in [0.25, 0.3) is 0 Å². The Labute approximate surface area is 350 Å². The molecule has 0 bridgehead atoms. The first kappa shape index (κ1) is 53.9. The summed E-state index contributed by atoms with van der Waals surface area (Å²) in [4.78, 5) is 13.0. The quantitative estimate of drug-likeness (QED) is 0.0264. The summed E-state index contributed by atoms with van der Waals surface area (Å²) in [6.45, 7) is 3.83.